The van der Waals surface area contributed by atoms with Gasteiger partial charge in [-0.1, -0.05) is 53.6 Å². The van der Waals surface area contributed by atoms with Gasteiger partial charge in [-0.15, -0.1) is 0 Å². The van der Waals surface area contributed by atoms with Crippen molar-refractivity contribution in [1.82, 2.24) is 4.90 Å². The first kappa shape index (κ1) is 19.7. The van der Waals surface area contributed by atoms with Crippen molar-refractivity contribution in [1.29, 1.82) is 0 Å². The largest absolute Gasteiger partial charge is 0.482 e. The molecule has 7 heteroatoms. The third-order valence-corrected chi connectivity index (χ3v) is 6.69. The van der Waals surface area contributed by atoms with E-state index in [1.807, 2.05) is 31.2 Å². The second kappa shape index (κ2) is 8.31. The molecule has 1 saturated heterocycles. The molecule has 0 aromatic heterocycles. The zero-order valence-corrected chi connectivity index (χ0v) is 16.7. The van der Waals surface area contributed by atoms with Crippen molar-refractivity contribution in [3.8, 4) is 5.75 Å². The average molecular weight is 408 g/mol. The predicted octanol–water partition coefficient (Wildman–Crippen LogP) is 3.24. The Morgan fingerprint density at radius 3 is 2.52 bits per heavy atom. The number of benzene rings is 2. The van der Waals surface area contributed by atoms with Gasteiger partial charge in [-0.2, -0.15) is 0 Å². The van der Waals surface area contributed by atoms with Gasteiger partial charge >= 0.3 is 0 Å². The van der Waals surface area contributed by atoms with Crippen molar-refractivity contribution in [2.45, 2.75) is 25.9 Å². The van der Waals surface area contributed by atoms with Gasteiger partial charge in [0.2, 0.25) is 0 Å². The van der Waals surface area contributed by atoms with E-state index in [-0.39, 0.29) is 30.1 Å². The van der Waals surface area contributed by atoms with E-state index in [4.69, 9.17) is 16.3 Å². The lowest BCUT2D eigenvalue weighted by molar-refractivity contribution is -0.136. The van der Waals surface area contributed by atoms with Crippen LogP contribution in [0.3, 0.4) is 0 Å². The molecule has 0 aliphatic carbocycles. The molecule has 5 nitrogen and oxygen atoms in total. The number of carbonyl (C=O) groups is 1. The van der Waals surface area contributed by atoms with Crippen LogP contribution in [0, 0.1) is 6.92 Å². The highest BCUT2D eigenvalue weighted by Crippen LogP contribution is 2.24. The summed E-state index contributed by atoms with van der Waals surface area (Å²) >= 11 is 6.07. The number of hydrogen-bond acceptors (Lipinski definition) is 4. The fraction of sp³-hybridized carbons (Fsp3) is 0.350. The van der Waals surface area contributed by atoms with Gasteiger partial charge in [0.1, 0.15) is 5.75 Å². The first-order valence-electron chi connectivity index (χ1n) is 8.77. The van der Waals surface area contributed by atoms with Crippen molar-refractivity contribution >= 4 is 27.3 Å². The molecule has 1 atom stereocenters. The highest BCUT2D eigenvalue weighted by atomic mass is 35.5. The molecule has 0 spiro atoms. The van der Waals surface area contributed by atoms with Crippen LogP contribution in [-0.2, 0) is 21.2 Å². The maximum Gasteiger partial charge on any atom is 0.261 e. The molecule has 2 aromatic carbocycles. The monoisotopic (exact) mass is 407 g/mol. The van der Waals surface area contributed by atoms with Crippen LogP contribution >= 0.6 is 11.6 Å². The molecule has 27 heavy (non-hydrogen) atoms. The molecule has 0 radical (unpaired) electrons. The molecule has 2 aromatic rings. The van der Waals surface area contributed by atoms with E-state index in [2.05, 4.69) is 0 Å². The number of aryl methyl sites for hydroxylation is 1. The Labute approximate surface area is 164 Å². The quantitative estimate of drug-likeness (QED) is 0.737. The van der Waals surface area contributed by atoms with Gasteiger partial charge < -0.3 is 9.64 Å². The normalized spacial score (nSPS) is 18.2. The third kappa shape index (κ3) is 5.23. The summed E-state index contributed by atoms with van der Waals surface area (Å²) in [4.78, 5) is 14.5. The molecule has 1 aliphatic heterocycles. The van der Waals surface area contributed by atoms with E-state index in [9.17, 15) is 13.2 Å². The number of rotatable bonds is 6. The summed E-state index contributed by atoms with van der Waals surface area (Å²) in [5.74, 6) is 0.289. The Bertz CT molecular complexity index is 912. The van der Waals surface area contributed by atoms with E-state index in [1.165, 1.54) is 0 Å². The number of amides is 1. The molecule has 144 valence electrons. The van der Waals surface area contributed by atoms with Gasteiger partial charge in [0.15, 0.2) is 16.4 Å². The van der Waals surface area contributed by atoms with Gasteiger partial charge in [0, 0.05) is 12.6 Å². The summed E-state index contributed by atoms with van der Waals surface area (Å²) in [6.45, 7) is 2.16. The average Bonchev–Trinajstić information content (AvgIpc) is 3.00. The lowest BCUT2D eigenvalue weighted by atomic mass is 10.1. The lowest BCUT2D eigenvalue weighted by Gasteiger charge is -2.28. The smallest absolute Gasteiger partial charge is 0.261 e. The van der Waals surface area contributed by atoms with Gasteiger partial charge in [-0.25, -0.2) is 8.42 Å². The summed E-state index contributed by atoms with van der Waals surface area (Å²) in [5.41, 5.74) is 2.08. The van der Waals surface area contributed by atoms with Crippen LogP contribution in [0.15, 0.2) is 48.5 Å². The summed E-state index contributed by atoms with van der Waals surface area (Å²) in [7, 11) is -3.10. The Morgan fingerprint density at radius 2 is 1.89 bits per heavy atom. The molecule has 0 N–H and O–H groups in total. The Morgan fingerprint density at radius 1 is 1.19 bits per heavy atom. The van der Waals surface area contributed by atoms with Crippen LogP contribution in [0.25, 0.3) is 0 Å². The van der Waals surface area contributed by atoms with Gasteiger partial charge in [0.25, 0.3) is 5.91 Å². The highest BCUT2D eigenvalue weighted by Gasteiger charge is 2.34. The molecule has 1 fully saturated rings. The lowest BCUT2D eigenvalue weighted by Crippen LogP contribution is -2.43. The van der Waals surface area contributed by atoms with Crippen molar-refractivity contribution in [2.24, 2.45) is 0 Å². The first-order valence-corrected chi connectivity index (χ1v) is 11.0. The SMILES string of the molecule is Cc1ccc(CN(C(=O)COc2ccccc2Cl)C2CCS(=O)(=O)C2)cc1. The molecular weight excluding hydrogens is 386 g/mol. The fourth-order valence-electron chi connectivity index (χ4n) is 3.12. The molecule has 0 saturated carbocycles. The molecule has 0 bridgehead atoms. The maximum atomic E-state index is 12.9. The van der Waals surface area contributed by atoms with Crippen molar-refractivity contribution in [3.63, 3.8) is 0 Å². The standard InChI is InChI=1S/C20H22ClNO4S/c1-15-6-8-16(9-7-15)12-22(17-10-11-27(24,25)14-17)20(23)13-26-19-5-3-2-4-18(19)21/h2-9,17H,10-14H2,1H3. The number of halogens is 1. The fourth-order valence-corrected chi connectivity index (χ4v) is 5.04. The molecular formula is C20H22ClNO4S. The van der Waals surface area contributed by atoms with Crippen molar-refractivity contribution in [2.75, 3.05) is 18.1 Å². The van der Waals surface area contributed by atoms with Crippen LogP contribution in [0.1, 0.15) is 17.5 Å². The third-order valence-electron chi connectivity index (χ3n) is 4.63. The Hall–Kier alpha value is -2.05. The Kier molecular flexibility index (Phi) is 6.07. The number of para-hydroxylation sites is 1. The van der Waals surface area contributed by atoms with Crippen LogP contribution in [0.5, 0.6) is 5.75 Å². The summed E-state index contributed by atoms with van der Waals surface area (Å²) in [6, 6.07) is 14.5. The minimum Gasteiger partial charge on any atom is -0.482 e. The van der Waals surface area contributed by atoms with Crippen molar-refractivity contribution < 1.29 is 17.9 Å². The van der Waals surface area contributed by atoms with Crippen LogP contribution < -0.4 is 4.74 Å². The van der Waals surface area contributed by atoms with E-state index in [1.54, 1.807) is 29.2 Å². The molecule has 1 unspecified atom stereocenters. The van der Waals surface area contributed by atoms with Gasteiger partial charge in [-0.3, -0.25) is 4.79 Å². The van der Waals surface area contributed by atoms with E-state index < -0.39 is 9.84 Å². The summed E-state index contributed by atoms with van der Waals surface area (Å²) in [5, 5.41) is 0.429. The van der Waals surface area contributed by atoms with Gasteiger partial charge in [0.05, 0.1) is 16.5 Å². The van der Waals surface area contributed by atoms with E-state index >= 15 is 0 Å². The zero-order valence-electron chi connectivity index (χ0n) is 15.1. The second-order valence-corrected chi connectivity index (χ2v) is 9.42. The van der Waals surface area contributed by atoms with E-state index in [0.29, 0.717) is 23.7 Å². The van der Waals surface area contributed by atoms with Crippen molar-refractivity contribution in [3.05, 3.63) is 64.7 Å². The number of hydrogen-bond donors (Lipinski definition) is 0. The Balaban J connectivity index is 1.75. The zero-order chi connectivity index (χ0) is 19.4. The topological polar surface area (TPSA) is 63.7 Å². The van der Waals surface area contributed by atoms with Crippen LogP contribution in [-0.4, -0.2) is 43.4 Å². The minimum absolute atomic E-state index is 0.00328. The summed E-state index contributed by atoms with van der Waals surface area (Å²) < 4.78 is 29.4. The number of carbonyl (C=O) groups excluding carboxylic acids is 1. The molecule has 1 heterocycles. The van der Waals surface area contributed by atoms with Crippen LogP contribution in [0.2, 0.25) is 5.02 Å². The number of sulfone groups is 1. The molecule has 1 amide bonds. The van der Waals surface area contributed by atoms with Crippen LogP contribution in [0.4, 0.5) is 0 Å². The first-order chi connectivity index (χ1) is 12.8. The highest BCUT2D eigenvalue weighted by molar-refractivity contribution is 7.91. The van der Waals surface area contributed by atoms with Gasteiger partial charge in [-0.05, 0) is 31.0 Å². The number of ether oxygens (including phenoxy) is 1. The summed E-state index contributed by atoms with van der Waals surface area (Å²) in [6.07, 6.45) is 0.450. The predicted molar refractivity (Wildman–Crippen MR) is 106 cm³/mol. The molecule has 1 aliphatic rings. The minimum atomic E-state index is -3.10. The maximum absolute atomic E-state index is 12.9. The number of nitrogens with zero attached hydrogens (tertiary/aromatic N) is 1. The second-order valence-electron chi connectivity index (χ2n) is 6.78. The van der Waals surface area contributed by atoms with E-state index in [0.717, 1.165) is 11.1 Å². The molecule has 3 rings (SSSR count).